The van der Waals surface area contributed by atoms with Gasteiger partial charge >= 0.3 is 5.97 Å². The molecular formula is C12H15NO2. The molecule has 3 nitrogen and oxygen atoms in total. The quantitative estimate of drug-likeness (QED) is 0.763. The van der Waals surface area contributed by atoms with E-state index in [0.29, 0.717) is 5.56 Å². The van der Waals surface area contributed by atoms with Crippen LogP contribution in [0.5, 0.6) is 0 Å². The van der Waals surface area contributed by atoms with Gasteiger partial charge < -0.3 is 10.0 Å². The molecule has 15 heavy (non-hydrogen) atoms. The van der Waals surface area contributed by atoms with Gasteiger partial charge in [-0.05, 0) is 30.9 Å². The molecule has 1 aliphatic heterocycles. The van der Waals surface area contributed by atoms with Crippen molar-refractivity contribution >= 4 is 11.7 Å². The number of carbonyl (C=O) groups is 1. The smallest absolute Gasteiger partial charge is 0.337 e. The van der Waals surface area contributed by atoms with Crippen LogP contribution in [0.3, 0.4) is 0 Å². The molecule has 1 N–H and O–H groups in total. The predicted octanol–water partition coefficient (Wildman–Crippen LogP) is 2.16. The number of anilines is 1. The molecule has 2 rings (SSSR count). The lowest BCUT2D eigenvalue weighted by Gasteiger charge is -2.21. The van der Waals surface area contributed by atoms with E-state index in [4.69, 9.17) is 5.11 Å². The molecule has 0 aliphatic carbocycles. The van der Waals surface area contributed by atoms with Gasteiger partial charge in [0.15, 0.2) is 0 Å². The van der Waals surface area contributed by atoms with Crippen LogP contribution in [-0.2, 0) is 6.42 Å². The van der Waals surface area contributed by atoms with E-state index in [2.05, 4.69) is 4.90 Å². The van der Waals surface area contributed by atoms with Gasteiger partial charge in [0.1, 0.15) is 0 Å². The van der Waals surface area contributed by atoms with Crippen LogP contribution in [0.1, 0.15) is 28.8 Å². The fourth-order valence-corrected chi connectivity index (χ4v) is 2.19. The zero-order valence-corrected chi connectivity index (χ0v) is 8.86. The Morgan fingerprint density at radius 2 is 2.20 bits per heavy atom. The number of hydrogen-bond acceptors (Lipinski definition) is 2. The first-order valence-electron chi connectivity index (χ1n) is 5.26. The average molecular weight is 205 g/mol. The molecule has 0 bridgehead atoms. The molecule has 0 spiro atoms. The van der Waals surface area contributed by atoms with Gasteiger partial charge in [0, 0.05) is 13.6 Å². The molecule has 0 fully saturated rings. The summed E-state index contributed by atoms with van der Waals surface area (Å²) >= 11 is 0. The minimum atomic E-state index is -0.833. The van der Waals surface area contributed by atoms with Crippen molar-refractivity contribution in [3.8, 4) is 0 Å². The molecule has 0 aromatic heterocycles. The monoisotopic (exact) mass is 205 g/mol. The largest absolute Gasteiger partial charge is 0.478 e. The van der Waals surface area contributed by atoms with Crippen LogP contribution in [0, 0.1) is 0 Å². The van der Waals surface area contributed by atoms with Crippen LogP contribution >= 0.6 is 0 Å². The van der Waals surface area contributed by atoms with E-state index in [-0.39, 0.29) is 0 Å². The summed E-state index contributed by atoms with van der Waals surface area (Å²) in [4.78, 5) is 13.2. The summed E-state index contributed by atoms with van der Waals surface area (Å²) in [5, 5.41) is 9.12. The predicted molar refractivity (Wildman–Crippen MR) is 59.6 cm³/mol. The Bertz CT molecular complexity index is 387. The number of nitrogens with zero attached hydrogens (tertiary/aromatic N) is 1. The molecule has 0 amide bonds. The Morgan fingerprint density at radius 3 is 2.93 bits per heavy atom. The summed E-state index contributed by atoms with van der Waals surface area (Å²) in [6.07, 6.45) is 3.26. The van der Waals surface area contributed by atoms with Gasteiger partial charge in [0.25, 0.3) is 0 Å². The van der Waals surface area contributed by atoms with Gasteiger partial charge in [-0.25, -0.2) is 4.79 Å². The molecule has 0 atom stereocenters. The summed E-state index contributed by atoms with van der Waals surface area (Å²) in [5.41, 5.74) is 2.49. The molecule has 3 heteroatoms. The highest BCUT2D eigenvalue weighted by molar-refractivity contribution is 5.95. The summed E-state index contributed by atoms with van der Waals surface area (Å²) in [7, 11) is 1.97. The van der Waals surface area contributed by atoms with Crippen molar-refractivity contribution in [3.05, 3.63) is 29.3 Å². The molecular weight excluding hydrogens is 190 g/mol. The van der Waals surface area contributed by atoms with Crippen molar-refractivity contribution in [2.45, 2.75) is 19.3 Å². The highest BCUT2D eigenvalue weighted by atomic mass is 16.4. The Morgan fingerprint density at radius 1 is 1.40 bits per heavy atom. The number of aryl methyl sites for hydroxylation is 1. The maximum atomic E-state index is 11.1. The zero-order valence-electron chi connectivity index (χ0n) is 8.86. The van der Waals surface area contributed by atoms with Gasteiger partial charge in [-0.1, -0.05) is 12.1 Å². The molecule has 0 saturated carbocycles. The third-order valence-corrected chi connectivity index (χ3v) is 2.92. The summed E-state index contributed by atoms with van der Waals surface area (Å²) < 4.78 is 0. The van der Waals surface area contributed by atoms with E-state index >= 15 is 0 Å². The second-order valence-electron chi connectivity index (χ2n) is 4.00. The SMILES string of the molecule is CN1CCCCc2cccc(C(=O)O)c21. The van der Waals surface area contributed by atoms with E-state index in [1.165, 1.54) is 0 Å². The summed E-state index contributed by atoms with van der Waals surface area (Å²) in [6, 6.07) is 5.55. The number of hydrogen-bond donors (Lipinski definition) is 1. The minimum Gasteiger partial charge on any atom is -0.478 e. The van der Waals surface area contributed by atoms with Crippen molar-refractivity contribution < 1.29 is 9.90 Å². The first kappa shape index (κ1) is 10.0. The molecule has 1 aliphatic rings. The Hall–Kier alpha value is -1.51. The first-order chi connectivity index (χ1) is 7.20. The second kappa shape index (κ2) is 3.93. The number of carboxylic acids is 1. The normalized spacial score (nSPS) is 15.7. The van der Waals surface area contributed by atoms with Gasteiger partial charge in [-0.15, -0.1) is 0 Å². The maximum Gasteiger partial charge on any atom is 0.337 e. The first-order valence-corrected chi connectivity index (χ1v) is 5.26. The lowest BCUT2D eigenvalue weighted by atomic mass is 10.0. The molecule has 1 heterocycles. The van der Waals surface area contributed by atoms with Crippen molar-refractivity contribution in [3.63, 3.8) is 0 Å². The average Bonchev–Trinajstić information content (AvgIpc) is 2.40. The fourth-order valence-electron chi connectivity index (χ4n) is 2.19. The molecule has 0 saturated heterocycles. The number of para-hydroxylation sites is 1. The van der Waals surface area contributed by atoms with Gasteiger partial charge in [-0.2, -0.15) is 0 Å². The van der Waals surface area contributed by atoms with Gasteiger partial charge in [0.2, 0.25) is 0 Å². The van der Waals surface area contributed by atoms with Crippen LogP contribution < -0.4 is 4.90 Å². The molecule has 1 aromatic carbocycles. The van der Waals surface area contributed by atoms with Crippen molar-refractivity contribution in [2.75, 3.05) is 18.5 Å². The van der Waals surface area contributed by atoms with Crippen molar-refractivity contribution in [1.29, 1.82) is 0 Å². The van der Waals surface area contributed by atoms with Gasteiger partial charge in [0.05, 0.1) is 11.3 Å². The lowest BCUT2D eigenvalue weighted by Crippen LogP contribution is -2.20. The van der Waals surface area contributed by atoms with E-state index in [9.17, 15) is 4.79 Å². The van der Waals surface area contributed by atoms with Crippen LogP contribution in [0.25, 0.3) is 0 Å². The Balaban J connectivity index is 2.55. The maximum absolute atomic E-state index is 11.1. The molecule has 0 unspecified atom stereocenters. The topological polar surface area (TPSA) is 40.5 Å². The standard InChI is InChI=1S/C12H15NO2/c1-13-8-3-2-5-9-6-4-7-10(11(9)13)12(14)15/h4,6-7H,2-3,5,8H2,1H3,(H,14,15). The third-order valence-electron chi connectivity index (χ3n) is 2.92. The number of carboxylic acid groups (broad SMARTS) is 1. The van der Waals surface area contributed by atoms with Gasteiger partial charge in [-0.3, -0.25) is 0 Å². The van der Waals surface area contributed by atoms with Crippen molar-refractivity contribution in [1.82, 2.24) is 0 Å². The second-order valence-corrected chi connectivity index (χ2v) is 4.00. The summed E-state index contributed by atoms with van der Waals surface area (Å²) in [6.45, 7) is 0.942. The van der Waals surface area contributed by atoms with Crippen LogP contribution in [-0.4, -0.2) is 24.7 Å². The van der Waals surface area contributed by atoms with E-state index < -0.39 is 5.97 Å². The fraction of sp³-hybridized carbons (Fsp3) is 0.417. The van der Waals surface area contributed by atoms with Crippen LogP contribution in [0.4, 0.5) is 5.69 Å². The number of fused-ring (bicyclic) bond motifs is 1. The van der Waals surface area contributed by atoms with Crippen LogP contribution in [0.15, 0.2) is 18.2 Å². The van der Waals surface area contributed by atoms with E-state index in [0.717, 1.165) is 37.1 Å². The molecule has 80 valence electrons. The molecule has 1 aromatic rings. The van der Waals surface area contributed by atoms with E-state index in [1.54, 1.807) is 6.07 Å². The van der Waals surface area contributed by atoms with E-state index in [1.807, 2.05) is 19.2 Å². The zero-order chi connectivity index (χ0) is 10.8. The number of aromatic carboxylic acids is 1. The number of rotatable bonds is 1. The third kappa shape index (κ3) is 1.82. The minimum absolute atomic E-state index is 0.428. The summed E-state index contributed by atoms with van der Waals surface area (Å²) in [5.74, 6) is -0.833. The van der Waals surface area contributed by atoms with Crippen LogP contribution in [0.2, 0.25) is 0 Å². The Labute approximate surface area is 89.3 Å². The highest BCUT2D eigenvalue weighted by Crippen LogP contribution is 2.29. The van der Waals surface area contributed by atoms with Crippen molar-refractivity contribution in [2.24, 2.45) is 0 Å². The lowest BCUT2D eigenvalue weighted by molar-refractivity contribution is 0.0697. The highest BCUT2D eigenvalue weighted by Gasteiger charge is 2.19. The molecule has 0 radical (unpaired) electrons. The Kier molecular flexibility index (Phi) is 2.62. The number of benzene rings is 1.